The van der Waals surface area contributed by atoms with Crippen molar-refractivity contribution in [1.82, 2.24) is 4.98 Å². The minimum Gasteiger partial charge on any atom is -0.496 e. The van der Waals surface area contributed by atoms with Gasteiger partial charge in [-0.3, -0.25) is 14.6 Å². The molecule has 6 nitrogen and oxygen atoms in total. The third-order valence-electron chi connectivity index (χ3n) is 7.93. The second-order valence-corrected chi connectivity index (χ2v) is 11.6. The van der Waals surface area contributed by atoms with E-state index in [4.69, 9.17) is 21.4 Å². The van der Waals surface area contributed by atoms with Gasteiger partial charge < -0.3 is 15.2 Å². The van der Waals surface area contributed by atoms with E-state index in [0.717, 1.165) is 46.8 Å². The van der Waals surface area contributed by atoms with Crippen LogP contribution in [0.3, 0.4) is 0 Å². The van der Waals surface area contributed by atoms with Crippen LogP contribution in [0.2, 0.25) is 5.02 Å². The van der Waals surface area contributed by atoms with Crippen molar-refractivity contribution in [2.24, 2.45) is 0 Å². The van der Waals surface area contributed by atoms with Crippen molar-refractivity contribution in [3.63, 3.8) is 0 Å². The molecule has 1 heterocycles. The van der Waals surface area contributed by atoms with Crippen LogP contribution in [0.4, 0.5) is 18.9 Å². The van der Waals surface area contributed by atoms with Gasteiger partial charge in [-0.2, -0.15) is 13.2 Å². The van der Waals surface area contributed by atoms with E-state index in [1.165, 1.54) is 18.3 Å². The van der Waals surface area contributed by atoms with Crippen molar-refractivity contribution in [2.75, 3.05) is 12.4 Å². The van der Waals surface area contributed by atoms with Crippen molar-refractivity contribution in [1.29, 1.82) is 0 Å². The molecule has 0 bridgehead atoms. The van der Waals surface area contributed by atoms with Gasteiger partial charge in [-0.25, -0.2) is 0 Å². The number of ketones is 1. The summed E-state index contributed by atoms with van der Waals surface area (Å²) < 4.78 is 47.8. The van der Waals surface area contributed by atoms with Gasteiger partial charge in [0.25, 0.3) is 0 Å². The second kappa shape index (κ2) is 13.3. The molecule has 1 aliphatic rings. The summed E-state index contributed by atoms with van der Waals surface area (Å²) in [5.74, 6) is -0.656. The van der Waals surface area contributed by atoms with E-state index < -0.39 is 17.7 Å². The number of Topliss-reactive ketones (excluding diaryl/α,β-unsaturated/α-hetero) is 1. The van der Waals surface area contributed by atoms with E-state index in [9.17, 15) is 22.8 Å². The quantitative estimate of drug-likeness (QED) is 0.151. The number of benzene rings is 3. The maximum Gasteiger partial charge on any atom is 0.416 e. The number of aryl methyl sites for hydroxylation is 1. The fourth-order valence-corrected chi connectivity index (χ4v) is 5.69. The van der Waals surface area contributed by atoms with Gasteiger partial charge in [0.15, 0.2) is 5.78 Å². The number of pyridine rings is 1. The number of carboxylic acid groups (broad SMARTS) is 1. The Bertz CT molecular complexity index is 1730. The van der Waals surface area contributed by atoms with Gasteiger partial charge in [-0.1, -0.05) is 23.7 Å². The zero-order valence-corrected chi connectivity index (χ0v) is 25.6. The molecule has 4 aromatic rings. The molecule has 1 aliphatic carbocycles. The third kappa shape index (κ3) is 7.65. The normalized spacial score (nSPS) is 13.0. The van der Waals surface area contributed by atoms with Crippen LogP contribution < -0.4 is 10.1 Å². The van der Waals surface area contributed by atoms with Gasteiger partial charge in [-0.05, 0) is 102 Å². The monoisotopic (exact) mass is 636 g/mol. The Hall–Kier alpha value is -4.37. The Balaban J connectivity index is 1.47. The summed E-state index contributed by atoms with van der Waals surface area (Å²) >= 11 is 6.14. The predicted octanol–water partition coefficient (Wildman–Crippen LogP) is 9.33. The highest BCUT2D eigenvalue weighted by Gasteiger charge is 2.35. The van der Waals surface area contributed by atoms with Crippen molar-refractivity contribution in [3.05, 3.63) is 99.8 Å². The number of alkyl halides is 3. The van der Waals surface area contributed by atoms with E-state index in [0.29, 0.717) is 27.5 Å². The number of hydrogen-bond donors (Lipinski definition) is 2. The summed E-state index contributed by atoms with van der Waals surface area (Å²) in [6.07, 6.45) is -1.46. The van der Waals surface area contributed by atoms with Gasteiger partial charge in [0.1, 0.15) is 11.4 Å². The molecular weight excluding hydrogens is 605 g/mol. The maximum absolute atomic E-state index is 14.0. The summed E-state index contributed by atoms with van der Waals surface area (Å²) in [4.78, 5) is 27.5. The molecule has 0 saturated heterocycles. The largest absolute Gasteiger partial charge is 0.496 e. The molecule has 2 N–H and O–H groups in total. The molecule has 0 unspecified atom stereocenters. The number of nitrogens with one attached hydrogen (secondary N) is 1. The number of hydrogen-bond acceptors (Lipinski definition) is 5. The van der Waals surface area contributed by atoms with Crippen molar-refractivity contribution < 1.29 is 32.6 Å². The van der Waals surface area contributed by atoms with E-state index in [1.54, 1.807) is 13.2 Å². The average Bonchev–Trinajstić information content (AvgIpc) is 3.85. The minimum absolute atomic E-state index is 0.0169. The Morgan fingerprint density at radius 1 is 1.00 bits per heavy atom. The first-order valence-corrected chi connectivity index (χ1v) is 15.0. The molecule has 0 amide bonds. The summed E-state index contributed by atoms with van der Waals surface area (Å²) in [5, 5.41) is 12.9. The number of nitrogens with zero attached hydrogens (tertiary/aromatic N) is 1. The van der Waals surface area contributed by atoms with Crippen LogP contribution in [-0.2, 0) is 17.5 Å². The fourth-order valence-electron chi connectivity index (χ4n) is 5.46. The minimum atomic E-state index is -4.54. The Morgan fingerprint density at radius 3 is 2.38 bits per heavy atom. The van der Waals surface area contributed by atoms with E-state index in [2.05, 4.69) is 10.3 Å². The standard InChI is InChI=1S/C35H32ClF3N2O4/c1-20-14-24(36)9-11-26(20)27-12-10-25(17-33(27)45-2)40-19-30-28(21-6-7-21)15-23(35(37,38)39)16-29(30)22-8-13-31(41-18-22)32(42)4-3-5-34(43)44/h8-18,21,40H,3-7,19H2,1-2H3,(H,43,44). The van der Waals surface area contributed by atoms with Gasteiger partial charge in [0.2, 0.25) is 0 Å². The predicted molar refractivity (Wildman–Crippen MR) is 168 cm³/mol. The second-order valence-electron chi connectivity index (χ2n) is 11.2. The average molecular weight is 637 g/mol. The molecule has 0 atom stereocenters. The first kappa shape index (κ1) is 32.0. The first-order chi connectivity index (χ1) is 21.4. The highest BCUT2D eigenvalue weighted by molar-refractivity contribution is 6.30. The molecule has 1 saturated carbocycles. The van der Waals surface area contributed by atoms with Crippen molar-refractivity contribution in [2.45, 2.75) is 57.7 Å². The summed E-state index contributed by atoms with van der Waals surface area (Å²) in [6, 6.07) is 16.8. The lowest BCUT2D eigenvalue weighted by molar-refractivity contribution is -0.138. The summed E-state index contributed by atoms with van der Waals surface area (Å²) in [5.41, 5.74) is 5.19. The van der Waals surface area contributed by atoms with Crippen LogP contribution in [0.25, 0.3) is 22.3 Å². The number of anilines is 1. The van der Waals surface area contributed by atoms with Crippen LogP contribution >= 0.6 is 11.6 Å². The summed E-state index contributed by atoms with van der Waals surface area (Å²) in [6.45, 7) is 2.22. The molecule has 234 valence electrons. The lowest BCUT2D eigenvalue weighted by Gasteiger charge is -2.20. The number of halogens is 4. The van der Waals surface area contributed by atoms with Crippen LogP contribution in [0.15, 0.2) is 66.9 Å². The van der Waals surface area contributed by atoms with Crippen LogP contribution in [0.1, 0.15) is 70.8 Å². The smallest absolute Gasteiger partial charge is 0.416 e. The molecule has 10 heteroatoms. The van der Waals surface area contributed by atoms with Crippen LogP contribution in [0.5, 0.6) is 5.75 Å². The van der Waals surface area contributed by atoms with E-state index in [1.807, 2.05) is 43.3 Å². The number of methoxy groups -OCH3 is 1. The lowest BCUT2D eigenvalue weighted by Crippen LogP contribution is -2.11. The number of aliphatic carboxylic acids is 1. The van der Waals surface area contributed by atoms with Gasteiger partial charge in [0, 0.05) is 53.5 Å². The number of carbonyl (C=O) groups is 2. The van der Waals surface area contributed by atoms with Crippen LogP contribution in [0, 0.1) is 6.92 Å². The van der Waals surface area contributed by atoms with Crippen molar-refractivity contribution in [3.8, 4) is 28.0 Å². The molecular formula is C35H32ClF3N2O4. The molecule has 5 rings (SSSR count). The molecule has 0 spiro atoms. The van der Waals surface area contributed by atoms with Gasteiger partial charge in [0.05, 0.1) is 12.7 Å². The Kier molecular flexibility index (Phi) is 9.48. The third-order valence-corrected chi connectivity index (χ3v) is 8.17. The number of carbonyl (C=O) groups excluding carboxylic acids is 1. The zero-order chi connectivity index (χ0) is 32.3. The molecule has 0 aliphatic heterocycles. The zero-order valence-electron chi connectivity index (χ0n) is 24.8. The summed E-state index contributed by atoms with van der Waals surface area (Å²) in [7, 11) is 1.58. The number of aromatic nitrogens is 1. The lowest BCUT2D eigenvalue weighted by atomic mass is 9.90. The Labute approximate surface area is 264 Å². The number of ether oxygens (including phenoxy) is 1. The SMILES string of the molecule is COc1cc(NCc2c(-c3ccc(C(=O)CCCC(=O)O)nc3)cc(C(F)(F)F)cc2C2CC2)ccc1-c1ccc(Cl)cc1C. The molecule has 1 fully saturated rings. The number of carboxylic acids is 1. The highest BCUT2D eigenvalue weighted by Crippen LogP contribution is 2.47. The molecule has 1 aromatic heterocycles. The van der Waals surface area contributed by atoms with Crippen molar-refractivity contribution >= 4 is 29.0 Å². The first-order valence-electron chi connectivity index (χ1n) is 14.6. The highest BCUT2D eigenvalue weighted by atomic mass is 35.5. The van der Waals surface area contributed by atoms with E-state index >= 15 is 0 Å². The topological polar surface area (TPSA) is 88.5 Å². The molecule has 3 aromatic carbocycles. The fraction of sp³-hybridized carbons (Fsp3) is 0.286. The van der Waals surface area contributed by atoms with Gasteiger partial charge in [-0.15, -0.1) is 0 Å². The van der Waals surface area contributed by atoms with Crippen LogP contribution in [-0.4, -0.2) is 29.0 Å². The van der Waals surface area contributed by atoms with E-state index in [-0.39, 0.29) is 43.2 Å². The Morgan fingerprint density at radius 2 is 1.76 bits per heavy atom. The molecule has 0 radical (unpaired) electrons. The molecule has 45 heavy (non-hydrogen) atoms. The maximum atomic E-state index is 14.0. The number of rotatable bonds is 12. The van der Waals surface area contributed by atoms with Gasteiger partial charge >= 0.3 is 12.1 Å².